The molecule has 2 saturated heterocycles. The second-order valence-corrected chi connectivity index (χ2v) is 29.0. The molecule has 4 aliphatic rings. The van der Waals surface area contributed by atoms with Gasteiger partial charge in [0, 0.05) is 5.92 Å². The number of anilines is 4. The van der Waals surface area contributed by atoms with E-state index < -0.39 is 76.8 Å². The van der Waals surface area contributed by atoms with Crippen LogP contribution in [-0.2, 0) is 41.6 Å². The largest absolute Gasteiger partial charge is 0.272 e. The van der Waals surface area contributed by atoms with Gasteiger partial charge >= 0.3 is 0 Å². The highest BCUT2D eigenvalue weighted by atomic mass is 35.5. The minimum Gasteiger partial charge on any atom is -0.272 e. The zero-order valence-electron chi connectivity index (χ0n) is 52.4. The van der Waals surface area contributed by atoms with Gasteiger partial charge in [0.05, 0.1) is 74.4 Å². The first-order valence-corrected chi connectivity index (χ1v) is 37.0. The predicted molar refractivity (Wildman–Crippen MR) is 390 cm³/mol. The highest BCUT2D eigenvalue weighted by Gasteiger charge is 2.59. The van der Waals surface area contributed by atoms with Crippen LogP contribution in [0, 0.1) is 11.8 Å². The zero-order chi connectivity index (χ0) is 68.4. The van der Waals surface area contributed by atoms with Gasteiger partial charge in [-0.2, -0.15) is 20.0 Å². The number of amidine groups is 2. The van der Waals surface area contributed by atoms with Crippen LogP contribution in [-0.4, -0.2) is 67.9 Å². The normalized spacial score (nSPS) is 18.5. The van der Waals surface area contributed by atoms with Crippen LogP contribution in [0.25, 0.3) is 0 Å². The fourth-order valence-electron chi connectivity index (χ4n) is 12.6. The van der Waals surface area contributed by atoms with Gasteiger partial charge in [-0.05, 0) is 66.6 Å². The SMILES string of the molecule is CCCCCCCCCCCCc1cccc(N(C2=NN(c3c(Cl)c(Cl)c(Cl)c(Cl)c3Cl)C(=O)C2C(c2ccccc2)C2C(=O)N(c3c(Cl)c(Cl)c(Cl)c(Cl)c3Cl)N=C2N(c2cccc(CCCCCCCCCCCC)c2)N2C(=O)CC(Cl)C2=O)N2C(=O)CC(Cl)C2=O)c1. The predicted octanol–water partition coefficient (Wildman–Crippen LogP) is 21.8. The smallest absolute Gasteiger partial charge is 0.267 e. The van der Waals surface area contributed by atoms with Crippen LogP contribution >= 0.6 is 139 Å². The number of carbonyl (C=O) groups is 6. The first-order chi connectivity index (χ1) is 45.6. The Labute approximate surface area is 615 Å². The average Bonchev–Trinajstić information content (AvgIpc) is 1.58. The number of amides is 6. The minimum absolute atomic E-state index is 0.177. The van der Waals surface area contributed by atoms with Crippen molar-refractivity contribution in [3.05, 3.63) is 146 Å². The maximum absolute atomic E-state index is 16.7. The number of hydrazine groups is 2. The van der Waals surface area contributed by atoms with E-state index >= 15 is 9.59 Å². The molecule has 6 amide bonds. The van der Waals surface area contributed by atoms with Crippen molar-refractivity contribution in [2.45, 2.75) is 185 Å². The molecule has 0 saturated carbocycles. The number of aryl methyl sites for hydroxylation is 2. The summed E-state index contributed by atoms with van der Waals surface area (Å²) in [6, 6.07) is 22.4. The minimum atomic E-state index is -1.88. The van der Waals surface area contributed by atoms with Gasteiger partial charge in [-0.3, -0.25) is 28.8 Å². The molecular weight excluding hydrogens is 1460 g/mol. The number of benzene rings is 5. The number of nitrogens with zero attached hydrogens (tertiary/aromatic N) is 8. The molecule has 2 fully saturated rings. The monoisotopic (exact) mass is 1530 g/mol. The molecule has 26 heteroatoms. The number of carbonyl (C=O) groups excluding carboxylic acids is 6. The molecule has 0 N–H and O–H groups in total. The molecule has 4 atom stereocenters. The van der Waals surface area contributed by atoms with Crippen LogP contribution in [0.1, 0.15) is 178 Å². The van der Waals surface area contributed by atoms with E-state index in [4.69, 9.17) is 149 Å². The molecule has 4 aliphatic heterocycles. The van der Waals surface area contributed by atoms with Crippen LogP contribution in [0.3, 0.4) is 0 Å². The third-order valence-corrected chi connectivity index (χ3v) is 22.7. The summed E-state index contributed by atoms with van der Waals surface area (Å²) in [6.45, 7) is 4.41. The van der Waals surface area contributed by atoms with Crippen molar-refractivity contribution >= 4 is 209 Å². The van der Waals surface area contributed by atoms with Gasteiger partial charge in [-0.15, -0.1) is 33.4 Å². The van der Waals surface area contributed by atoms with Gasteiger partial charge in [-0.1, -0.05) is 300 Å². The van der Waals surface area contributed by atoms with Crippen molar-refractivity contribution in [3.63, 3.8) is 0 Å². The lowest BCUT2D eigenvalue weighted by molar-refractivity contribution is -0.139. The molecule has 0 spiro atoms. The number of hydrogen-bond donors (Lipinski definition) is 0. The molecule has 0 bridgehead atoms. The van der Waals surface area contributed by atoms with E-state index in [0.29, 0.717) is 12.8 Å². The summed E-state index contributed by atoms with van der Waals surface area (Å²) in [7, 11) is 0. The van der Waals surface area contributed by atoms with Crippen molar-refractivity contribution in [1.82, 2.24) is 10.0 Å². The van der Waals surface area contributed by atoms with Crippen molar-refractivity contribution in [3.8, 4) is 0 Å². The Bertz CT molecular complexity index is 3470. The first kappa shape index (κ1) is 75.0. The lowest BCUT2D eigenvalue weighted by Crippen LogP contribution is -2.56. The van der Waals surface area contributed by atoms with Crippen LogP contribution in [0.5, 0.6) is 0 Å². The van der Waals surface area contributed by atoms with Crippen molar-refractivity contribution in [2.24, 2.45) is 22.0 Å². The maximum atomic E-state index is 16.7. The highest BCUT2D eigenvalue weighted by molar-refractivity contribution is 6.58. The van der Waals surface area contributed by atoms with Gasteiger partial charge in [0.15, 0.2) is 11.7 Å². The van der Waals surface area contributed by atoms with Gasteiger partial charge in [0.1, 0.15) is 34.0 Å². The molecule has 0 aromatic heterocycles. The topological polar surface area (TPSA) is 147 Å². The second-order valence-electron chi connectivity index (χ2n) is 24.2. The van der Waals surface area contributed by atoms with E-state index in [1.54, 1.807) is 66.7 Å². The number of rotatable bonds is 31. The Morgan fingerprint density at radius 3 is 1.03 bits per heavy atom. The number of hydrogen-bond acceptors (Lipinski definition) is 10. The molecule has 4 heterocycles. The quantitative estimate of drug-likeness (QED) is 0.0140. The standard InChI is InChI=1S/C69H72Cl12N8O6/c1-3-5-7-9-11-13-15-17-19-22-28-40-30-26-34-43(36-40)86(88-47(90)38-45(70)66(88)92)64-50(68(94)84(82-64)62-58(78)54(74)52(72)55(75)59(62)79)49(42-32-24-21-25-33-42)51-65(83-85(69(51)95)63-60(80)56(76)53(73)57(77)61(63)81)87(89-48(91)39-46(71)67(89)93)44-35-27-31-41(37-44)29-23-20-18-16-14-12-10-8-6-4-2/h21,24-27,30-37,45-46,49-51H,3-20,22-23,28-29,38-39H2,1-2H3. The summed E-state index contributed by atoms with van der Waals surface area (Å²) >= 11 is 82.1. The molecule has 5 aromatic carbocycles. The van der Waals surface area contributed by atoms with Gasteiger partial charge in [0.2, 0.25) is 0 Å². The Hall–Kier alpha value is -4.26. The van der Waals surface area contributed by atoms with Crippen LogP contribution < -0.4 is 20.0 Å². The third-order valence-electron chi connectivity index (χ3n) is 17.5. The van der Waals surface area contributed by atoms with Crippen LogP contribution in [0.15, 0.2) is 89.1 Å². The van der Waals surface area contributed by atoms with E-state index in [2.05, 4.69) is 13.8 Å². The van der Waals surface area contributed by atoms with E-state index in [0.717, 1.165) is 95.4 Å². The second kappa shape index (κ2) is 34.7. The molecule has 5 aromatic rings. The third kappa shape index (κ3) is 16.6. The zero-order valence-corrected chi connectivity index (χ0v) is 61.5. The molecular formula is C69H72Cl12N8O6. The Morgan fingerprint density at radius 1 is 0.400 bits per heavy atom. The van der Waals surface area contributed by atoms with Gasteiger partial charge in [0.25, 0.3) is 35.4 Å². The lowest BCUT2D eigenvalue weighted by atomic mass is 9.74. The fourth-order valence-corrected chi connectivity index (χ4v) is 15.7. The summed E-state index contributed by atoms with van der Waals surface area (Å²) in [4.78, 5) is 92.5. The van der Waals surface area contributed by atoms with Crippen LogP contribution in [0.4, 0.5) is 22.7 Å². The molecule has 508 valence electrons. The summed E-state index contributed by atoms with van der Waals surface area (Å²) in [5.41, 5.74) is 1.47. The summed E-state index contributed by atoms with van der Waals surface area (Å²) in [6.07, 6.45) is 22.4. The van der Waals surface area contributed by atoms with E-state index in [-0.39, 0.29) is 90.2 Å². The lowest BCUT2D eigenvalue weighted by Gasteiger charge is -2.38. The average molecular weight is 1530 g/mol. The maximum Gasteiger partial charge on any atom is 0.267 e. The Balaban J connectivity index is 1.25. The summed E-state index contributed by atoms with van der Waals surface area (Å²) in [5.74, 6) is -11.4. The summed E-state index contributed by atoms with van der Waals surface area (Å²) in [5, 5.41) is 9.71. The molecule has 0 radical (unpaired) electrons. The molecule has 14 nitrogen and oxygen atoms in total. The molecule has 9 rings (SSSR count). The van der Waals surface area contributed by atoms with Crippen molar-refractivity contribution in [1.29, 1.82) is 0 Å². The first-order valence-electron chi connectivity index (χ1n) is 32.4. The fraction of sp³-hybridized carbons (Fsp3) is 0.449. The number of halogens is 12. The van der Waals surface area contributed by atoms with Crippen molar-refractivity contribution in [2.75, 3.05) is 20.0 Å². The molecule has 95 heavy (non-hydrogen) atoms. The van der Waals surface area contributed by atoms with E-state index in [1.165, 1.54) is 74.2 Å². The van der Waals surface area contributed by atoms with E-state index in [1.807, 2.05) is 12.1 Å². The Kier molecular flexibility index (Phi) is 27.4. The Morgan fingerprint density at radius 2 is 0.716 bits per heavy atom. The summed E-state index contributed by atoms with van der Waals surface area (Å²) < 4.78 is 0. The van der Waals surface area contributed by atoms with Gasteiger partial charge in [-0.25, -0.2) is 10.0 Å². The molecule has 0 aliphatic carbocycles. The van der Waals surface area contributed by atoms with Crippen molar-refractivity contribution < 1.29 is 28.8 Å². The van der Waals surface area contributed by atoms with Crippen LogP contribution in [0.2, 0.25) is 50.2 Å². The van der Waals surface area contributed by atoms with Gasteiger partial charge < -0.3 is 0 Å². The molecule has 4 unspecified atom stereocenters. The highest BCUT2D eigenvalue weighted by Crippen LogP contribution is 2.55. The number of imide groups is 2. The number of unbranched alkanes of at least 4 members (excludes halogenated alkanes) is 18. The number of alkyl halides is 2. The van der Waals surface area contributed by atoms with E-state index in [9.17, 15) is 19.2 Å². The number of hydrazone groups is 2.